The lowest BCUT2D eigenvalue weighted by molar-refractivity contribution is 0.305. The molecule has 184 valence electrons. The van der Waals surface area contributed by atoms with Crippen molar-refractivity contribution in [1.82, 2.24) is 29.9 Å². The predicted molar refractivity (Wildman–Crippen MR) is 150 cm³/mol. The van der Waals surface area contributed by atoms with Gasteiger partial charge in [-0.1, -0.05) is 38.1 Å². The molecule has 0 bridgehead atoms. The monoisotopic (exact) mass is 496 g/mol. The second-order valence-electron chi connectivity index (χ2n) is 10.3. The summed E-state index contributed by atoms with van der Waals surface area (Å²) in [4.78, 5) is 25.7. The van der Waals surface area contributed by atoms with Crippen LogP contribution < -0.4 is 4.74 Å². The van der Waals surface area contributed by atoms with Crippen molar-refractivity contribution in [3.63, 3.8) is 0 Å². The van der Waals surface area contributed by atoms with Gasteiger partial charge in [-0.2, -0.15) is 0 Å². The Hall–Kier alpha value is -4.78. The molecule has 7 nitrogen and oxygen atoms in total. The van der Waals surface area contributed by atoms with E-state index in [1.807, 2.05) is 6.92 Å². The van der Waals surface area contributed by atoms with Gasteiger partial charge in [-0.3, -0.25) is 9.97 Å². The Kier molecular flexibility index (Phi) is 4.27. The fourth-order valence-corrected chi connectivity index (χ4v) is 5.71. The van der Waals surface area contributed by atoms with Crippen molar-refractivity contribution in [2.75, 3.05) is 0 Å². The molecule has 0 radical (unpaired) electrons. The predicted octanol–water partition coefficient (Wildman–Crippen LogP) is 7.19. The SMILES string of the molecule is Cc1nc2c3nccnc3c3cc(-c4ccc5c(c4)COc4c-5ccc5[nH]c(C(C)C)nc45)ccc3c2[nH]1. The van der Waals surface area contributed by atoms with E-state index in [4.69, 9.17) is 14.7 Å². The van der Waals surface area contributed by atoms with Crippen LogP contribution in [0.1, 0.15) is 37.0 Å². The maximum atomic E-state index is 6.31. The standard InChI is InChI=1S/C31H24N6O/c1-15(2)31-36-24-9-8-22-20-6-4-17(12-19(20)14-38-30(22)27(24)37-31)18-5-7-21-23(13-18)25-28(33-11-10-32-25)29-26(21)34-16(3)35-29/h4-13,15H,14H2,1-3H3,(H,34,35)(H,36,37). The average Bonchev–Trinajstić information content (AvgIpc) is 3.56. The van der Waals surface area contributed by atoms with Crippen LogP contribution in [0.2, 0.25) is 0 Å². The minimum absolute atomic E-state index is 0.329. The highest BCUT2D eigenvalue weighted by Gasteiger charge is 2.23. The molecule has 0 amide bonds. The Labute approximate surface area is 218 Å². The van der Waals surface area contributed by atoms with Crippen molar-refractivity contribution in [1.29, 1.82) is 0 Å². The summed E-state index contributed by atoms with van der Waals surface area (Å²) in [6.07, 6.45) is 3.47. The van der Waals surface area contributed by atoms with E-state index in [1.165, 1.54) is 11.1 Å². The van der Waals surface area contributed by atoms with Crippen LogP contribution in [0.5, 0.6) is 5.75 Å². The summed E-state index contributed by atoms with van der Waals surface area (Å²) in [6, 6.07) is 17.4. The van der Waals surface area contributed by atoms with Gasteiger partial charge in [0.25, 0.3) is 0 Å². The van der Waals surface area contributed by atoms with Crippen molar-refractivity contribution in [3.8, 4) is 28.0 Å². The molecule has 0 spiro atoms. The van der Waals surface area contributed by atoms with Gasteiger partial charge < -0.3 is 14.7 Å². The van der Waals surface area contributed by atoms with Crippen LogP contribution in [0.4, 0.5) is 0 Å². The van der Waals surface area contributed by atoms with Gasteiger partial charge in [-0.15, -0.1) is 0 Å². The Bertz CT molecular complexity index is 2080. The van der Waals surface area contributed by atoms with Crippen molar-refractivity contribution < 1.29 is 4.74 Å². The summed E-state index contributed by atoms with van der Waals surface area (Å²) < 4.78 is 6.31. The molecule has 4 aromatic carbocycles. The number of H-pyrrole nitrogens is 2. The molecule has 4 heterocycles. The molecular formula is C31H24N6O. The zero-order valence-electron chi connectivity index (χ0n) is 21.3. The molecule has 0 saturated heterocycles. The molecule has 7 aromatic rings. The molecular weight excluding hydrogens is 472 g/mol. The lowest BCUT2D eigenvalue weighted by Gasteiger charge is -2.22. The number of imidazole rings is 2. The van der Waals surface area contributed by atoms with Gasteiger partial charge >= 0.3 is 0 Å². The Morgan fingerprint density at radius 2 is 1.55 bits per heavy atom. The Morgan fingerprint density at radius 1 is 0.763 bits per heavy atom. The van der Waals surface area contributed by atoms with Crippen molar-refractivity contribution >= 4 is 43.9 Å². The summed E-state index contributed by atoms with van der Waals surface area (Å²) in [5, 5.41) is 2.15. The Morgan fingerprint density at radius 3 is 2.42 bits per heavy atom. The number of aryl methyl sites for hydroxylation is 1. The number of fused-ring (bicyclic) bond motifs is 11. The van der Waals surface area contributed by atoms with Crippen LogP contribution in [0.15, 0.2) is 60.9 Å². The third-order valence-electron chi connectivity index (χ3n) is 7.56. The number of rotatable bonds is 2. The number of aromatic nitrogens is 6. The van der Waals surface area contributed by atoms with Crippen LogP contribution >= 0.6 is 0 Å². The van der Waals surface area contributed by atoms with Crippen molar-refractivity contribution in [3.05, 3.63) is 78.1 Å². The minimum atomic E-state index is 0.329. The molecule has 0 saturated carbocycles. The molecule has 1 aliphatic rings. The maximum Gasteiger partial charge on any atom is 0.155 e. The summed E-state index contributed by atoms with van der Waals surface area (Å²) in [5.74, 6) is 3.04. The highest BCUT2D eigenvalue weighted by Crippen LogP contribution is 2.43. The average molecular weight is 497 g/mol. The van der Waals surface area contributed by atoms with Crippen molar-refractivity contribution in [2.24, 2.45) is 0 Å². The van der Waals surface area contributed by atoms with E-state index < -0.39 is 0 Å². The number of benzene rings is 4. The zero-order valence-corrected chi connectivity index (χ0v) is 21.3. The molecule has 0 atom stereocenters. The number of hydrogen-bond donors (Lipinski definition) is 2. The lowest BCUT2D eigenvalue weighted by Crippen LogP contribution is -2.06. The maximum absolute atomic E-state index is 6.31. The minimum Gasteiger partial charge on any atom is -0.486 e. The number of ether oxygens (including phenoxy) is 1. The van der Waals surface area contributed by atoms with E-state index in [0.29, 0.717) is 12.5 Å². The van der Waals surface area contributed by atoms with E-state index in [0.717, 1.165) is 78.0 Å². The van der Waals surface area contributed by atoms with Gasteiger partial charge in [0.05, 0.1) is 16.6 Å². The number of nitrogens with one attached hydrogen (secondary N) is 2. The van der Waals surface area contributed by atoms with Gasteiger partial charge in [0.15, 0.2) is 5.75 Å². The molecule has 7 heteroatoms. The fraction of sp³-hybridized carbons (Fsp3) is 0.161. The van der Waals surface area contributed by atoms with Crippen molar-refractivity contribution in [2.45, 2.75) is 33.3 Å². The van der Waals surface area contributed by atoms with Crippen LogP contribution in [0.25, 0.3) is 66.1 Å². The topological polar surface area (TPSA) is 92.4 Å². The second kappa shape index (κ2) is 7.61. The summed E-state index contributed by atoms with van der Waals surface area (Å²) in [6.45, 7) is 6.76. The smallest absolute Gasteiger partial charge is 0.155 e. The van der Waals surface area contributed by atoms with E-state index in [2.05, 4.69) is 82.3 Å². The third-order valence-corrected chi connectivity index (χ3v) is 7.56. The second-order valence-corrected chi connectivity index (χ2v) is 10.3. The summed E-state index contributed by atoms with van der Waals surface area (Å²) >= 11 is 0. The number of hydrogen-bond acceptors (Lipinski definition) is 5. The quantitative estimate of drug-likeness (QED) is 0.247. The molecule has 0 unspecified atom stereocenters. The zero-order chi connectivity index (χ0) is 25.5. The van der Waals surface area contributed by atoms with E-state index in [9.17, 15) is 0 Å². The molecule has 8 rings (SSSR count). The van der Waals surface area contributed by atoms with E-state index in [1.54, 1.807) is 12.4 Å². The van der Waals surface area contributed by atoms with Gasteiger partial charge in [-0.05, 0) is 53.4 Å². The first-order valence-electron chi connectivity index (χ1n) is 12.9. The highest BCUT2D eigenvalue weighted by molar-refractivity contribution is 6.21. The number of nitrogens with zero attached hydrogens (tertiary/aromatic N) is 4. The first-order chi connectivity index (χ1) is 18.5. The van der Waals surface area contributed by atoms with Crippen LogP contribution in [-0.4, -0.2) is 29.9 Å². The van der Waals surface area contributed by atoms with Crippen LogP contribution in [0.3, 0.4) is 0 Å². The molecule has 0 fully saturated rings. The van der Waals surface area contributed by atoms with E-state index >= 15 is 0 Å². The third kappa shape index (κ3) is 2.96. The Balaban J connectivity index is 1.28. The summed E-state index contributed by atoms with van der Waals surface area (Å²) in [7, 11) is 0. The van der Waals surface area contributed by atoms with Gasteiger partial charge in [-0.25, -0.2) is 9.97 Å². The van der Waals surface area contributed by atoms with Gasteiger partial charge in [0.2, 0.25) is 0 Å². The first-order valence-corrected chi connectivity index (χ1v) is 12.9. The molecule has 1 aliphatic heterocycles. The normalized spacial score (nSPS) is 12.9. The number of aromatic amines is 2. The molecule has 0 aliphatic carbocycles. The van der Waals surface area contributed by atoms with Gasteiger partial charge in [0, 0.05) is 34.6 Å². The first kappa shape index (κ1) is 21.3. The molecule has 2 N–H and O–H groups in total. The molecule has 3 aromatic heterocycles. The molecule has 38 heavy (non-hydrogen) atoms. The van der Waals surface area contributed by atoms with Crippen LogP contribution in [0, 0.1) is 6.92 Å². The fourth-order valence-electron chi connectivity index (χ4n) is 5.71. The van der Waals surface area contributed by atoms with Gasteiger partial charge in [0.1, 0.15) is 34.8 Å². The lowest BCUT2D eigenvalue weighted by atomic mass is 9.92. The highest BCUT2D eigenvalue weighted by atomic mass is 16.5. The van der Waals surface area contributed by atoms with Crippen LogP contribution in [-0.2, 0) is 6.61 Å². The largest absolute Gasteiger partial charge is 0.486 e. The summed E-state index contributed by atoms with van der Waals surface area (Å²) in [5.41, 5.74) is 11.2. The van der Waals surface area contributed by atoms with E-state index in [-0.39, 0.29) is 0 Å².